The number of aryl methyl sites for hydroxylation is 1. The summed E-state index contributed by atoms with van der Waals surface area (Å²) in [6.07, 6.45) is 2.20. The molecule has 0 radical (unpaired) electrons. The van der Waals surface area contributed by atoms with Crippen molar-refractivity contribution in [2.45, 2.75) is 25.8 Å². The maximum atomic E-state index is 6.30. The maximum absolute atomic E-state index is 6.30. The van der Waals surface area contributed by atoms with Gasteiger partial charge in [0.1, 0.15) is 0 Å². The van der Waals surface area contributed by atoms with E-state index in [1.807, 2.05) is 18.2 Å². The molecule has 0 aliphatic rings. The van der Waals surface area contributed by atoms with Crippen molar-refractivity contribution in [3.63, 3.8) is 0 Å². The van der Waals surface area contributed by atoms with Crippen LogP contribution in [0, 0.1) is 0 Å². The number of halogens is 2. The minimum Gasteiger partial charge on any atom is -0.320 e. The summed E-state index contributed by atoms with van der Waals surface area (Å²) in [5.74, 6) is 0. The van der Waals surface area contributed by atoms with Crippen molar-refractivity contribution in [3.05, 3.63) is 69.2 Å². The Morgan fingerprint density at radius 3 is 2.42 bits per heavy atom. The Morgan fingerprint density at radius 1 is 1.00 bits per heavy atom. The molecule has 0 heterocycles. The van der Waals surface area contributed by atoms with Gasteiger partial charge in [-0.15, -0.1) is 0 Å². The summed E-state index contributed by atoms with van der Waals surface area (Å²) in [4.78, 5) is 0. The smallest absolute Gasteiger partial charge is 0.0595 e. The molecule has 100 valence electrons. The lowest BCUT2D eigenvalue weighted by Gasteiger charge is -2.14. The number of benzene rings is 2. The van der Waals surface area contributed by atoms with Gasteiger partial charge < -0.3 is 5.73 Å². The molecule has 1 atom stereocenters. The van der Waals surface area contributed by atoms with Gasteiger partial charge >= 0.3 is 0 Å². The van der Waals surface area contributed by atoms with Crippen molar-refractivity contribution in [3.8, 4) is 0 Å². The Bertz CT molecular complexity index is 566. The molecule has 19 heavy (non-hydrogen) atoms. The molecule has 0 saturated carbocycles. The lowest BCUT2D eigenvalue weighted by atomic mass is 9.97. The molecular formula is C16H17Cl2N. The number of hydrogen-bond acceptors (Lipinski definition) is 1. The summed E-state index contributed by atoms with van der Waals surface area (Å²) >= 11 is 12.0. The van der Waals surface area contributed by atoms with Crippen LogP contribution >= 0.6 is 23.2 Å². The van der Waals surface area contributed by atoms with Crippen LogP contribution < -0.4 is 5.73 Å². The molecule has 0 amide bonds. The molecule has 0 fully saturated rings. The van der Waals surface area contributed by atoms with E-state index in [1.54, 1.807) is 6.07 Å². The molecule has 2 aromatic rings. The van der Waals surface area contributed by atoms with Gasteiger partial charge in [-0.3, -0.25) is 0 Å². The molecule has 0 saturated heterocycles. The predicted octanol–water partition coefficient (Wildman–Crippen LogP) is 4.99. The fraction of sp³-hybridized carbons (Fsp3) is 0.250. The van der Waals surface area contributed by atoms with E-state index in [9.17, 15) is 0 Å². The molecule has 1 nitrogen and oxygen atoms in total. The second kappa shape index (κ2) is 6.42. The fourth-order valence-corrected chi connectivity index (χ4v) is 2.44. The van der Waals surface area contributed by atoms with E-state index in [-0.39, 0.29) is 6.04 Å². The van der Waals surface area contributed by atoms with Crippen LogP contribution in [0.4, 0.5) is 0 Å². The summed E-state index contributed by atoms with van der Waals surface area (Å²) in [6.45, 7) is 2.17. The predicted molar refractivity (Wildman–Crippen MR) is 82.9 cm³/mol. The normalized spacial score (nSPS) is 12.4. The average molecular weight is 294 g/mol. The Morgan fingerprint density at radius 2 is 1.74 bits per heavy atom. The standard InChI is InChI=1S/C16H17Cl2N/c1-2-4-11-5-3-6-12(9-11)16(19)13-7-8-14(17)15(18)10-13/h3,5-10,16H,2,4,19H2,1H3. The van der Waals surface area contributed by atoms with Crippen LogP contribution in [0.1, 0.15) is 36.1 Å². The van der Waals surface area contributed by atoms with Crippen molar-refractivity contribution in [2.75, 3.05) is 0 Å². The minimum atomic E-state index is -0.174. The molecule has 0 aliphatic heterocycles. The second-order valence-electron chi connectivity index (χ2n) is 4.65. The molecule has 0 aromatic heterocycles. The summed E-state index contributed by atoms with van der Waals surface area (Å²) in [5.41, 5.74) is 9.69. The highest BCUT2D eigenvalue weighted by molar-refractivity contribution is 6.42. The van der Waals surface area contributed by atoms with Gasteiger partial charge in [0.15, 0.2) is 0 Å². The van der Waals surface area contributed by atoms with E-state index >= 15 is 0 Å². The first-order valence-corrected chi connectivity index (χ1v) is 7.16. The third-order valence-corrected chi connectivity index (χ3v) is 3.89. The van der Waals surface area contributed by atoms with Crippen molar-refractivity contribution in [1.82, 2.24) is 0 Å². The molecule has 1 unspecified atom stereocenters. The van der Waals surface area contributed by atoms with Gasteiger partial charge in [-0.05, 0) is 35.2 Å². The van der Waals surface area contributed by atoms with Crippen LogP contribution in [0.25, 0.3) is 0 Å². The Kier molecular flexibility index (Phi) is 4.87. The number of hydrogen-bond donors (Lipinski definition) is 1. The summed E-state index contributed by atoms with van der Waals surface area (Å²) < 4.78 is 0. The first kappa shape index (κ1) is 14.4. The summed E-state index contributed by atoms with van der Waals surface area (Å²) in [7, 11) is 0. The Labute approximate surface area is 124 Å². The topological polar surface area (TPSA) is 26.0 Å². The van der Waals surface area contributed by atoms with E-state index < -0.39 is 0 Å². The highest BCUT2D eigenvalue weighted by atomic mass is 35.5. The average Bonchev–Trinajstić information content (AvgIpc) is 2.42. The quantitative estimate of drug-likeness (QED) is 0.844. The zero-order valence-corrected chi connectivity index (χ0v) is 12.4. The number of nitrogens with two attached hydrogens (primary N) is 1. The molecule has 0 bridgehead atoms. The highest BCUT2D eigenvalue weighted by Crippen LogP contribution is 2.28. The van der Waals surface area contributed by atoms with Crippen LogP contribution in [0.15, 0.2) is 42.5 Å². The molecule has 0 spiro atoms. The van der Waals surface area contributed by atoms with Crippen LogP contribution in [-0.4, -0.2) is 0 Å². The largest absolute Gasteiger partial charge is 0.320 e. The van der Waals surface area contributed by atoms with Crippen LogP contribution in [-0.2, 0) is 6.42 Å². The molecule has 2 aromatic carbocycles. The van der Waals surface area contributed by atoms with Gasteiger partial charge in [-0.2, -0.15) is 0 Å². The summed E-state index contributed by atoms with van der Waals surface area (Å²) in [5, 5.41) is 1.09. The maximum Gasteiger partial charge on any atom is 0.0595 e. The Hall–Kier alpha value is -1.02. The van der Waals surface area contributed by atoms with E-state index in [0.717, 1.165) is 24.0 Å². The number of rotatable bonds is 4. The molecule has 2 rings (SSSR count). The first-order chi connectivity index (χ1) is 9.11. The lowest BCUT2D eigenvalue weighted by molar-refractivity contribution is 0.858. The first-order valence-electron chi connectivity index (χ1n) is 6.41. The van der Waals surface area contributed by atoms with E-state index in [4.69, 9.17) is 28.9 Å². The van der Waals surface area contributed by atoms with Crippen molar-refractivity contribution in [1.29, 1.82) is 0 Å². The van der Waals surface area contributed by atoms with Gasteiger partial charge in [0.2, 0.25) is 0 Å². The van der Waals surface area contributed by atoms with Gasteiger partial charge in [0.05, 0.1) is 16.1 Å². The molecule has 3 heteroatoms. The van der Waals surface area contributed by atoms with Gasteiger partial charge in [0.25, 0.3) is 0 Å². The van der Waals surface area contributed by atoms with Crippen molar-refractivity contribution in [2.24, 2.45) is 5.73 Å². The molecule has 0 aliphatic carbocycles. The SMILES string of the molecule is CCCc1cccc(C(N)c2ccc(Cl)c(Cl)c2)c1. The van der Waals surface area contributed by atoms with Crippen LogP contribution in [0.5, 0.6) is 0 Å². The van der Waals surface area contributed by atoms with E-state index in [1.165, 1.54) is 5.56 Å². The fourth-order valence-electron chi connectivity index (χ4n) is 2.13. The Balaban J connectivity index is 2.29. The highest BCUT2D eigenvalue weighted by Gasteiger charge is 2.11. The molecule has 2 N–H and O–H groups in total. The summed E-state index contributed by atoms with van der Waals surface area (Å²) in [6, 6.07) is 13.8. The molecular weight excluding hydrogens is 277 g/mol. The third kappa shape index (κ3) is 3.50. The van der Waals surface area contributed by atoms with Crippen molar-refractivity contribution < 1.29 is 0 Å². The van der Waals surface area contributed by atoms with Gasteiger partial charge in [-0.25, -0.2) is 0 Å². The zero-order chi connectivity index (χ0) is 13.8. The minimum absolute atomic E-state index is 0.174. The van der Waals surface area contributed by atoms with Crippen molar-refractivity contribution >= 4 is 23.2 Å². The second-order valence-corrected chi connectivity index (χ2v) is 5.46. The van der Waals surface area contributed by atoms with Gasteiger partial charge in [-0.1, -0.05) is 66.9 Å². The van der Waals surface area contributed by atoms with Gasteiger partial charge in [0, 0.05) is 0 Å². The van der Waals surface area contributed by atoms with Crippen LogP contribution in [0.2, 0.25) is 10.0 Å². The van der Waals surface area contributed by atoms with Crippen LogP contribution in [0.3, 0.4) is 0 Å². The lowest BCUT2D eigenvalue weighted by Crippen LogP contribution is -2.12. The van der Waals surface area contributed by atoms with E-state index in [2.05, 4.69) is 25.1 Å². The monoisotopic (exact) mass is 293 g/mol. The zero-order valence-electron chi connectivity index (χ0n) is 10.9. The third-order valence-electron chi connectivity index (χ3n) is 3.15. The van der Waals surface area contributed by atoms with E-state index in [0.29, 0.717) is 10.0 Å².